The van der Waals surface area contributed by atoms with Crippen molar-refractivity contribution < 1.29 is 9.59 Å². The topological polar surface area (TPSA) is 86.2 Å². The molecule has 0 aromatic heterocycles. The van der Waals surface area contributed by atoms with E-state index in [0.717, 1.165) is 25.7 Å². The Hall–Kier alpha value is -1.16. The molecule has 146 valence electrons. The normalized spacial score (nSPS) is 12.6. The monoisotopic (exact) mass is 352 g/mol. The molecule has 0 heterocycles. The first kappa shape index (κ1) is 23.8. The van der Waals surface area contributed by atoms with Crippen LogP contribution in [0.15, 0.2) is 12.2 Å². The van der Waals surface area contributed by atoms with Crippen LogP contribution in [0.4, 0.5) is 0 Å². The molecule has 0 saturated carbocycles. The predicted molar refractivity (Wildman–Crippen MR) is 106 cm³/mol. The van der Waals surface area contributed by atoms with Crippen LogP contribution in [0.1, 0.15) is 103 Å². The van der Waals surface area contributed by atoms with Crippen LogP contribution in [0.2, 0.25) is 0 Å². The number of carbonyl (C=O) groups is 2. The van der Waals surface area contributed by atoms with Gasteiger partial charge in [-0.2, -0.15) is 0 Å². The Balaban J connectivity index is 3.31. The Bertz CT molecular complexity index is 367. The number of allylic oxidation sites excluding steroid dienone is 2. The van der Waals surface area contributed by atoms with Gasteiger partial charge < -0.3 is 11.5 Å². The Labute approximate surface area is 154 Å². The molecule has 4 heteroatoms. The summed E-state index contributed by atoms with van der Waals surface area (Å²) in [6.07, 6.45) is 21.1. The molecule has 0 aromatic carbocycles. The Morgan fingerprint density at radius 1 is 0.800 bits per heavy atom. The molecule has 0 aliphatic heterocycles. The second-order valence-corrected chi connectivity index (χ2v) is 7.08. The highest BCUT2D eigenvalue weighted by Crippen LogP contribution is 2.10. The highest BCUT2D eigenvalue weighted by Gasteiger charge is 2.14. The van der Waals surface area contributed by atoms with Gasteiger partial charge in [0, 0.05) is 12.8 Å². The lowest BCUT2D eigenvalue weighted by Gasteiger charge is -2.07. The van der Waals surface area contributed by atoms with Crippen molar-refractivity contribution in [2.45, 2.75) is 109 Å². The van der Waals surface area contributed by atoms with Crippen LogP contribution in [0, 0.1) is 0 Å². The standard InChI is InChI=1S/C21H40N2O2/c1-2-3-4-5-6-7-8-9-10-11-12-13-14-15-16-17-20(24)19(22)18-21(23)25/h9-10,19H,2-8,11-18,22H2,1H3,(H2,23,25)/b10-9-. The van der Waals surface area contributed by atoms with Crippen LogP contribution in [-0.2, 0) is 9.59 Å². The van der Waals surface area contributed by atoms with Crippen molar-refractivity contribution >= 4 is 11.7 Å². The summed E-state index contributed by atoms with van der Waals surface area (Å²) in [5.74, 6) is -0.554. The Kier molecular flexibility index (Phi) is 16.8. The number of Topliss-reactive ketones (excluding diaryl/α,β-unsaturated/α-hetero) is 1. The van der Waals surface area contributed by atoms with Crippen LogP contribution in [0.3, 0.4) is 0 Å². The van der Waals surface area contributed by atoms with Gasteiger partial charge in [0.1, 0.15) is 5.78 Å². The first-order valence-electron chi connectivity index (χ1n) is 10.3. The molecular weight excluding hydrogens is 312 g/mol. The molecule has 25 heavy (non-hydrogen) atoms. The van der Waals surface area contributed by atoms with E-state index in [2.05, 4.69) is 19.1 Å². The fraction of sp³-hybridized carbons (Fsp3) is 0.810. The van der Waals surface area contributed by atoms with E-state index >= 15 is 0 Å². The van der Waals surface area contributed by atoms with E-state index in [1.165, 1.54) is 57.8 Å². The van der Waals surface area contributed by atoms with E-state index in [1.54, 1.807) is 0 Å². The number of hydrogen-bond acceptors (Lipinski definition) is 3. The van der Waals surface area contributed by atoms with Crippen LogP contribution in [-0.4, -0.2) is 17.7 Å². The molecule has 0 radical (unpaired) electrons. The van der Waals surface area contributed by atoms with Gasteiger partial charge in [0.2, 0.25) is 5.91 Å². The molecule has 0 saturated heterocycles. The van der Waals surface area contributed by atoms with Crippen molar-refractivity contribution in [3.8, 4) is 0 Å². The average Bonchev–Trinajstić information content (AvgIpc) is 2.57. The Morgan fingerprint density at radius 2 is 1.28 bits per heavy atom. The van der Waals surface area contributed by atoms with Gasteiger partial charge in [-0.05, 0) is 32.1 Å². The molecule has 0 spiro atoms. The fourth-order valence-electron chi connectivity index (χ4n) is 2.89. The molecule has 4 N–H and O–H groups in total. The molecular formula is C21H40N2O2. The number of rotatable bonds is 18. The van der Waals surface area contributed by atoms with Gasteiger partial charge in [-0.1, -0.05) is 70.4 Å². The quantitative estimate of drug-likeness (QED) is 0.274. The highest BCUT2D eigenvalue weighted by molar-refractivity contribution is 5.88. The smallest absolute Gasteiger partial charge is 0.219 e. The summed E-state index contributed by atoms with van der Waals surface area (Å²) in [6.45, 7) is 2.25. The van der Waals surface area contributed by atoms with Crippen LogP contribution in [0.25, 0.3) is 0 Å². The highest BCUT2D eigenvalue weighted by atomic mass is 16.1. The number of primary amides is 1. The van der Waals surface area contributed by atoms with E-state index in [0.29, 0.717) is 6.42 Å². The molecule has 0 rings (SSSR count). The third-order valence-electron chi connectivity index (χ3n) is 4.52. The van der Waals surface area contributed by atoms with Crippen LogP contribution in [0.5, 0.6) is 0 Å². The van der Waals surface area contributed by atoms with Gasteiger partial charge in [-0.3, -0.25) is 9.59 Å². The van der Waals surface area contributed by atoms with E-state index in [4.69, 9.17) is 11.5 Å². The number of amides is 1. The summed E-state index contributed by atoms with van der Waals surface area (Å²) in [5, 5.41) is 0. The third-order valence-corrected chi connectivity index (χ3v) is 4.52. The first-order valence-corrected chi connectivity index (χ1v) is 10.3. The van der Waals surface area contributed by atoms with Crippen molar-refractivity contribution in [1.82, 2.24) is 0 Å². The number of ketones is 1. The SMILES string of the molecule is CCCCCCCC/C=C\CCCCCCCC(=O)C(N)CC(N)=O. The number of unbranched alkanes of at least 4 members (excludes halogenated alkanes) is 11. The average molecular weight is 353 g/mol. The molecule has 4 nitrogen and oxygen atoms in total. The van der Waals surface area contributed by atoms with Gasteiger partial charge in [0.05, 0.1) is 6.04 Å². The van der Waals surface area contributed by atoms with E-state index in [9.17, 15) is 9.59 Å². The number of carbonyl (C=O) groups excluding carboxylic acids is 2. The summed E-state index contributed by atoms with van der Waals surface area (Å²) in [6, 6.07) is -0.714. The number of hydrogen-bond donors (Lipinski definition) is 2. The molecule has 0 bridgehead atoms. The molecule has 1 unspecified atom stereocenters. The summed E-state index contributed by atoms with van der Waals surface area (Å²) >= 11 is 0. The van der Waals surface area contributed by atoms with E-state index < -0.39 is 11.9 Å². The molecule has 1 amide bonds. The summed E-state index contributed by atoms with van der Waals surface area (Å²) in [4.78, 5) is 22.4. The van der Waals surface area contributed by atoms with Gasteiger partial charge in [-0.15, -0.1) is 0 Å². The maximum absolute atomic E-state index is 11.7. The van der Waals surface area contributed by atoms with E-state index in [1.807, 2.05) is 0 Å². The fourth-order valence-corrected chi connectivity index (χ4v) is 2.89. The Morgan fingerprint density at radius 3 is 1.80 bits per heavy atom. The molecule has 1 atom stereocenters. The van der Waals surface area contributed by atoms with Crippen molar-refractivity contribution in [3.63, 3.8) is 0 Å². The maximum Gasteiger partial charge on any atom is 0.219 e. The largest absolute Gasteiger partial charge is 0.370 e. The lowest BCUT2D eigenvalue weighted by molar-refractivity contribution is -0.125. The minimum absolute atomic E-state index is 0.0378. The van der Waals surface area contributed by atoms with Gasteiger partial charge >= 0.3 is 0 Å². The van der Waals surface area contributed by atoms with Crippen molar-refractivity contribution in [3.05, 3.63) is 12.2 Å². The zero-order chi connectivity index (χ0) is 18.8. The van der Waals surface area contributed by atoms with E-state index in [-0.39, 0.29) is 12.2 Å². The summed E-state index contributed by atoms with van der Waals surface area (Å²) in [5.41, 5.74) is 10.7. The third kappa shape index (κ3) is 17.5. The summed E-state index contributed by atoms with van der Waals surface area (Å²) in [7, 11) is 0. The van der Waals surface area contributed by atoms with Gasteiger partial charge in [0.15, 0.2) is 0 Å². The van der Waals surface area contributed by atoms with Crippen molar-refractivity contribution in [1.29, 1.82) is 0 Å². The van der Waals surface area contributed by atoms with Gasteiger partial charge in [-0.25, -0.2) is 0 Å². The minimum Gasteiger partial charge on any atom is -0.370 e. The zero-order valence-electron chi connectivity index (χ0n) is 16.3. The minimum atomic E-state index is -0.714. The molecule has 0 aliphatic carbocycles. The first-order chi connectivity index (χ1) is 12.1. The molecule has 0 fully saturated rings. The molecule has 0 aliphatic rings. The summed E-state index contributed by atoms with van der Waals surface area (Å²) < 4.78 is 0. The second kappa shape index (κ2) is 17.7. The zero-order valence-corrected chi connectivity index (χ0v) is 16.3. The second-order valence-electron chi connectivity index (χ2n) is 7.08. The lowest BCUT2D eigenvalue weighted by Crippen LogP contribution is -2.34. The lowest BCUT2D eigenvalue weighted by atomic mass is 10.0. The van der Waals surface area contributed by atoms with Crippen molar-refractivity contribution in [2.24, 2.45) is 11.5 Å². The number of nitrogens with two attached hydrogens (primary N) is 2. The van der Waals surface area contributed by atoms with Crippen LogP contribution < -0.4 is 11.5 Å². The molecule has 0 aromatic rings. The van der Waals surface area contributed by atoms with Crippen LogP contribution >= 0.6 is 0 Å². The predicted octanol–water partition coefficient (Wildman–Crippen LogP) is 4.80. The van der Waals surface area contributed by atoms with Crippen molar-refractivity contribution in [2.75, 3.05) is 0 Å². The maximum atomic E-state index is 11.7. The van der Waals surface area contributed by atoms with Gasteiger partial charge in [0.25, 0.3) is 0 Å².